The maximum Gasteiger partial charge on any atom is 0.200 e. The van der Waals surface area contributed by atoms with Crippen LogP contribution in [0.25, 0.3) is 0 Å². The zero-order chi connectivity index (χ0) is 16.3. The molecule has 0 aromatic heterocycles. The highest BCUT2D eigenvalue weighted by atomic mass is 16.3. The van der Waals surface area contributed by atoms with Crippen molar-refractivity contribution in [1.29, 1.82) is 0 Å². The number of aromatic hydroxyl groups is 3. The van der Waals surface area contributed by atoms with Crippen LogP contribution in [-0.2, 0) is 0 Å². The van der Waals surface area contributed by atoms with Crippen LogP contribution in [0.3, 0.4) is 0 Å². The molecule has 0 aliphatic rings. The number of hydrogen-bond donors (Lipinski definition) is 3. The molecular formula is C17H19NO4. The molecule has 5 nitrogen and oxygen atoms in total. The molecule has 2 aromatic carbocycles. The Morgan fingerprint density at radius 3 is 1.95 bits per heavy atom. The molecule has 0 saturated carbocycles. The molecule has 116 valence electrons. The van der Waals surface area contributed by atoms with Gasteiger partial charge in [-0.25, -0.2) is 0 Å². The molecule has 22 heavy (non-hydrogen) atoms. The first-order chi connectivity index (χ1) is 10.5. The van der Waals surface area contributed by atoms with Gasteiger partial charge in [0.15, 0.2) is 5.78 Å². The van der Waals surface area contributed by atoms with Crippen LogP contribution in [0.5, 0.6) is 17.2 Å². The average Bonchev–Trinajstić information content (AvgIpc) is 2.48. The van der Waals surface area contributed by atoms with Gasteiger partial charge in [-0.15, -0.1) is 0 Å². The van der Waals surface area contributed by atoms with E-state index in [1.54, 1.807) is 6.07 Å². The number of carbonyl (C=O) groups is 1. The van der Waals surface area contributed by atoms with Gasteiger partial charge in [-0.05, 0) is 38.1 Å². The summed E-state index contributed by atoms with van der Waals surface area (Å²) in [6, 6.07) is 8.57. The van der Waals surface area contributed by atoms with E-state index in [0.717, 1.165) is 24.8 Å². The summed E-state index contributed by atoms with van der Waals surface area (Å²) in [5.41, 5.74) is 0.967. The van der Waals surface area contributed by atoms with E-state index < -0.39 is 5.78 Å². The van der Waals surface area contributed by atoms with Crippen LogP contribution in [0.2, 0.25) is 0 Å². The molecule has 0 fully saturated rings. The van der Waals surface area contributed by atoms with Gasteiger partial charge in [-0.1, -0.05) is 0 Å². The number of phenols is 3. The molecule has 0 aliphatic carbocycles. The summed E-state index contributed by atoms with van der Waals surface area (Å²) in [5, 5.41) is 29.2. The Balaban J connectivity index is 2.38. The summed E-state index contributed by atoms with van der Waals surface area (Å²) in [6.45, 7) is 5.60. The number of anilines is 1. The van der Waals surface area contributed by atoms with Crippen LogP contribution in [0, 0.1) is 0 Å². The third kappa shape index (κ3) is 2.98. The molecule has 3 N–H and O–H groups in total. The molecule has 0 unspecified atom stereocenters. The van der Waals surface area contributed by atoms with Crippen molar-refractivity contribution in [3.05, 3.63) is 47.5 Å². The second kappa shape index (κ2) is 6.39. The third-order valence-electron chi connectivity index (χ3n) is 3.58. The van der Waals surface area contributed by atoms with Crippen LogP contribution in [0.1, 0.15) is 29.8 Å². The maximum atomic E-state index is 12.4. The number of rotatable bonds is 5. The van der Waals surface area contributed by atoms with Gasteiger partial charge in [0.05, 0.1) is 11.1 Å². The van der Waals surface area contributed by atoms with Crippen LogP contribution >= 0.6 is 0 Å². The van der Waals surface area contributed by atoms with Crippen LogP contribution in [0.15, 0.2) is 36.4 Å². The SMILES string of the molecule is CCN(CC)c1ccc(C(=O)c2ccc(O)cc2O)c(O)c1. The minimum absolute atomic E-state index is 0.0312. The molecule has 5 heteroatoms. The summed E-state index contributed by atoms with van der Waals surface area (Å²) in [5.74, 6) is -1.09. The lowest BCUT2D eigenvalue weighted by Crippen LogP contribution is -2.21. The molecule has 0 aliphatic heterocycles. The quantitative estimate of drug-likeness (QED) is 0.740. The number of phenolic OH excluding ortho intramolecular Hbond substituents is 3. The van der Waals surface area contributed by atoms with Gasteiger partial charge in [-0.3, -0.25) is 4.79 Å². The monoisotopic (exact) mass is 301 g/mol. The molecule has 2 aromatic rings. The van der Waals surface area contributed by atoms with Crippen molar-refractivity contribution in [2.24, 2.45) is 0 Å². The van der Waals surface area contributed by atoms with E-state index in [9.17, 15) is 20.1 Å². The van der Waals surface area contributed by atoms with Crippen LogP contribution in [-0.4, -0.2) is 34.2 Å². The second-order valence-corrected chi connectivity index (χ2v) is 4.90. The van der Waals surface area contributed by atoms with Crippen LogP contribution < -0.4 is 4.90 Å². The Labute approximate surface area is 129 Å². The fraction of sp³-hybridized carbons (Fsp3) is 0.235. The van der Waals surface area contributed by atoms with Crippen molar-refractivity contribution in [2.45, 2.75) is 13.8 Å². The van der Waals surface area contributed by atoms with Gasteiger partial charge >= 0.3 is 0 Å². The van der Waals surface area contributed by atoms with Crippen molar-refractivity contribution >= 4 is 11.5 Å². The minimum Gasteiger partial charge on any atom is -0.508 e. The van der Waals surface area contributed by atoms with E-state index in [-0.39, 0.29) is 28.4 Å². The largest absolute Gasteiger partial charge is 0.508 e. The normalized spacial score (nSPS) is 10.5. The molecule has 0 spiro atoms. The second-order valence-electron chi connectivity index (χ2n) is 4.90. The smallest absolute Gasteiger partial charge is 0.200 e. The van der Waals surface area contributed by atoms with Crippen molar-refractivity contribution < 1.29 is 20.1 Å². The fourth-order valence-corrected chi connectivity index (χ4v) is 2.35. The summed E-state index contributed by atoms with van der Waals surface area (Å²) in [7, 11) is 0. The zero-order valence-corrected chi connectivity index (χ0v) is 12.6. The van der Waals surface area contributed by atoms with Gasteiger partial charge in [0.2, 0.25) is 0 Å². The molecule has 0 radical (unpaired) electrons. The number of nitrogens with zero attached hydrogens (tertiary/aromatic N) is 1. The van der Waals surface area contributed by atoms with Gasteiger partial charge < -0.3 is 20.2 Å². The first-order valence-corrected chi connectivity index (χ1v) is 7.12. The first-order valence-electron chi connectivity index (χ1n) is 7.12. The maximum absolute atomic E-state index is 12.4. The number of ketones is 1. The topological polar surface area (TPSA) is 81.0 Å². The van der Waals surface area contributed by atoms with E-state index in [1.165, 1.54) is 24.3 Å². The van der Waals surface area contributed by atoms with Crippen LogP contribution in [0.4, 0.5) is 5.69 Å². The molecular weight excluding hydrogens is 282 g/mol. The summed E-state index contributed by atoms with van der Waals surface area (Å²) >= 11 is 0. The average molecular weight is 301 g/mol. The number of benzene rings is 2. The molecule has 0 heterocycles. The summed E-state index contributed by atoms with van der Waals surface area (Å²) < 4.78 is 0. The third-order valence-corrected chi connectivity index (χ3v) is 3.58. The molecule has 0 saturated heterocycles. The van der Waals surface area contributed by atoms with E-state index in [1.807, 2.05) is 18.7 Å². The van der Waals surface area contributed by atoms with E-state index in [2.05, 4.69) is 0 Å². The Morgan fingerprint density at radius 2 is 1.45 bits per heavy atom. The molecule has 0 atom stereocenters. The Morgan fingerprint density at radius 1 is 0.909 bits per heavy atom. The van der Waals surface area contributed by atoms with Crippen molar-refractivity contribution in [3.8, 4) is 17.2 Å². The Hall–Kier alpha value is -2.69. The van der Waals surface area contributed by atoms with Crippen molar-refractivity contribution in [3.63, 3.8) is 0 Å². The standard InChI is InChI=1S/C17H19NO4/c1-3-18(4-2)11-5-7-13(15(20)9-11)17(22)14-8-6-12(19)10-16(14)21/h5-10,19-21H,3-4H2,1-2H3. The summed E-state index contributed by atoms with van der Waals surface area (Å²) in [6.07, 6.45) is 0. The highest BCUT2D eigenvalue weighted by Crippen LogP contribution is 2.30. The Kier molecular flexibility index (Phi) is 4.56. The highest BCUT2D eigenvalue weighted by Gasteiger charge is 2.18. The van der Waals surface area contributed by atoms with E-state index >= 15 is 0 Å². The predicted octanol–water partition coefficient (Wildman–Crippen LogP) is 2.88. The number of carbonyl (C=O) groups excluding carboxylic acids is 1. The summed E-state index contributed by atoms with van der Waals surface area (Å²) in [4.78, 5) is 14.5. The molecule has 0 bridgehead atoms. The van der Waals surface area contributed by atoms with E-state index in [4.69, 9.17) is 0 Å². The molecule has 0 amide bonds. The van der Waals surface area contributed by atoms with E-state index in [0.29, 0.717) is 0 Å². The first kappa shape index (κ1) is 15.7. The lowest BCUT2D eigenvalue weighted by Gasteiger charge is -2.21. The van der Waals surface area contributed by atoms with Crippen molar-refractivity contribution in [2.75, 3.05) is 18.0 Å². The fourth-order valence-electron chi connectivity index (χ4n) is 2.35. The predicted molar refractivity (Wildman–Crippen MR) is 84.9 cm³/mol. The lowest BCUT2D eigenvalue weighted by atomic mass is 10.0. The van der Waals surface area contributed by atoms with Gasteiger partial charge in [-0.2, -0.15) is 0 Å². The van der Waals surface area contributed by atoms with Gasteiger partial charge in [0, 0.05) is 30.9 Å². The van der Waals surface area contributed by atoms with Gasteiger partial charge in [0.25, 0.3) is 0 Å². The van der Waals surface area contributed by atoms with Gasteiger partial charge in [0.1, 0.15) is 17.2 Å². The Bertz CT molecular complexity index is 693. The zero-order valence-electron chi connectivity index (χ0n) is 12.6. The minimum atomic E-state index is -0.499. The molecule has 2 rings (SSSR count). The lowest BCUT2D eigenvalue weighted by molar-refractivity contribution is 0.103. The van der Waals surface area contributed by atoms with Crippen molar-refractivity contribution in [1.82, 2.24) is 0 Å². The number of hydrogen-bond acceptors (Lipinski definition) is 5. The highest BCUT2D eigenvalue weighted by molar-refractivity contribution is 6.12.